The summed E-state index contributed by atoms with van der Waals surface area (Å²) in [6.45, 7) is 0. The summed E-state index contributed by atoms with van der Waals surface area (Å²) >= 11 is 0. The molecule has 0 atom stereocenters. The van der Waals surface area contributed by atoms with E-state index >= 15 is 0 Å². The van der Waals surface area contributed by atoms with Crippen LogP contribution in [-0.4, -0.2) is 23.1 Å². The first kappa shape index (κ1) is 6.53. The monoisotopic (exact) mass is 143 g/mol. The van der Waals surface area contributed by atoms with Crippen molar-refractivity contribution in [2.24, 2.45) is 0 Å². The van der Waals surface area contributed by atoms with Crippen molar-refractivity contribution >= 4 is 5.91 Å². The SMILES string of the molecule is CNC(=O)c1noc(=O)[nH]1. The molecule has 0 aromatic carbocycles. The standard InChI is InChI=1S/C4H5N3O3/c1-5-3(8)2-6-4(9)10-7-2/h1H3,(H,5,8)(H,6,7,9). The molecular formula is C4H5N3O3. The van der Waals surface area contributed by atoms with E-state index in [0.29, 0.717) is 0 Å². The van der Waals surface area contributed by atoms with Gasteiger partial charge in [0.25, 0.3) is 5.91 Å². The molecule has 0 saturated carbocycles. The lowest BCUT2D eigenvalue weighted by atomic mass is 10.6. The number of hydrogen-bond acceptors (Lipinski definition) is 4. The number of H-pyrrole nitrogens is 1. The second-order valence-electron chi connectivity index (χ2n) is 1.52. The molecule has 0 aliphatic carbocycles. The first-order valence-corrected chi connectivity index (χ1v) is 2.52. The fourth-order valence-corrected chi connectivity index (χ4v) is 0.446. The van der Waals surface area contributed by atoms with E-state index in [9.17, 15) is 9.59 Å². The summed E-state index contributed by atoms with van der Waals surface area (Å²) in [5.74, 6) is -1.34. The highest BCUT2D eigenvalue weighted by Gasteiger charge is 2.07. The van der Waals surface area contributed by atoms with Crippen LogP contribution >= 0.6 is 0 Å². The summed E-state index contributed by atoms with van der Waals surface area (Å²) < 4.78 is 4.07. The van der Waals surface area contributed by atoms with E-state index in [1.807, 2.05) is 0 Å². The molecule has 0 aliphatic heterocycles. The van der Waals surface area contributed by atoms with Crippen LogP contribution in [0, 0.1) is 0 Å². The fourth-order valence-electron chi connectivity index (χ4n) is 0.446. The molecule has 2 N–H and O–H groups in total. The number of amides is 1. The minimum Gasteiger partial charge on any atom is -0.352 e. The van der Waals surface area contributed by atoms with E-state index in [4.69, 9.17) is 0 Å². The Hall–Kier alpha value is -1.59. The molecule has 0 bridgehead atoms. The zero-order valence-electron chi connectivity index (χ0n) is 5.17. The smallest absolute Gasteiger partial charge is 0.352 e. The lowest BCUT2D eigenvalue weighted by Crippen LogP contribution is -2.19. The fraction of sp³-hybridized carbons (Fsp3) is 0.250. The van der Waals surface area contributed by atoms with Gasteiger partial charge in [-0.15, -0.1) is 0 Å². The Kier molecular flexibility index (Phi) is 1.53. The van der Waals surface area contributed by atoms with Crippen LogP contribution in [0.4, 0.5) is 0 Å². The van der Waals surface area contributed by atoms with Crippen LogP contribution < -0.4 is 11.1 Å². The molecule has 0 radical (unpaired) electrons. The zero-order valence-corrected chi connectivity index (χ0v) is 5.17. The maximum absolute atomic E-state index is 10.6. The van der Waals surface area contributed by atoms with Crippen LogP contribution in [0.15, 0.2) is 9.32 Å². The van der Waals surface area contributed by atoms with Crippen molar-refractivity contribution in [3.8, 4) is 0 Å². The van der Waals surface area contributed by atoms with Crippen LogP contribution in [0.2, 0.25) is 0 Å². The van der Waals surface area contributed by atoms with E-state index in [1.165, 1.54) is 7.05 Å². The van der Waals surface area contributed by atoms with E-state index in [-0.39, 0.29) is 5.82 Å². The molecule has 0 saturated heterocycles. The molecule has 1 heterocycles. The summed E-state index contributed by atoms with van der Waals surface area (Å²) in [6, 6.07) is 0. The molecule has 10 heavy (non-hydrogen) atoms. The molecule has 1 aromatic rings. The predicted molar refractivity (Wildman–Crippen MR) is 30.5 cm³/mol. The summed E-state index contributed by atoms with van der Waals surface area (Å²) in [4.78, 5) is 23.0. The van der Waals surface area contributed by atoms with Gasteiger partial charge in [0.1, 0.15) is 0 Å². The van der Waals surface area contributed by atoms with E-state index in [2.05, 4.69) is 20.0 Å². The zero-order chi connectivity index (χ0) is 7.56. The molecular weight excluding hydrogens is 138 g/mol. The Balaban J connectivity index is 2.95. The number of rotatable bonds is 1. The predicted octanol–water partition coefficient (Wildman–Crippen LogP) is -1.28. The Morgan fingerprint density at radius 3 is 2.90 bits per heavy atom. The second-order valence-corrected chi connectivity index (χ2v) is 1.52. The number of aromatic nitrogens is 2. The van der Waals surface area contributed by atoms with Gasteiger partial charge in [-0.25, -0.2) is 4.79 Å². The molecule has 1 amide bonds. The van der Waals surface area contributed by atoms with Crippen molar-refractivity contribution in [3.63, 3.8) is 0 Å². The second kappa shape index (κ2) is 2.34. The van der Waals surface area contributed by atoms with Gasteiger partial charge >= 0.3 is 5.76 Å². The first-order chi connectivity index (χ1) is 4.74. The van der Waals surface area contributed by atoms with Crippen molar-refractivity contribution in [2.45, 2.75) is 0 Å². The number of hydrogen-bond donors (Lipinski definition) is 2. The van der Waals surface area contributed by atoms with Crippen LogP contribution in [0.1, 0.15) is 10.6 Å². The number of carbonyl (C=O) groups is 1. The maximum Gasteiger partial charge on any atom is 0.439 e. The van der Waals surface area contributed by atoms with Gasteiger partial charge in [-0.2, -0.15) is 0 Å². The largest absolute Gasteiger partial charge is 0.439 e. The Bertz CT molecular complexity index is 286. The van der Waals surface area contributed by atoms with Crippen molar-refractivity contribution in [1.82, 2.24) is 15.5 Å². The topological polar surface area (TPSA) is 88.0 Å². The lowest BCUT2D eigenvalue weighted by Gasteiger charge is -1.87. The Morgan fingerprint density at radius 2 is 2.50 bits per heavy atom. The third-order valence-corrected chi connectivity index (χ3v) is 0.882. The molecule has 0 spiro atoms. The first-order valence-electron chi connectivity index (χ1n) is 2.52. The van der Waals surface area contributed by atoms with Gasteiger partial charge in [-0.1, -0.05) is 0 Å². The van der Waals surface area contributed by atoms with Crippen LogP contribution in [-0.2, 0) is 0 Å². The molecule has 0 unspecified atom stereocenters. The summed E-state index contributed by atoms with van der Waals surface area (Å²) in [7, 11) is 1.43. The highest BCUT2D eigenvalue weighted by molar-refractivity contribution is 5.89. The van der Waals surface area contributed by atoms with Gasteiger partial charge in [0.05, 0.1) is 0 Å². The minimum atomic E-state index is -0.737. The van der Waals surface area contributed by atoms with Crippen LogP contribution in [0.5, 0.6) is 0 Å². The lowest BCUT2D eigenvalue weighted by molar-refractivity contribution is 0.0950. The van der Waals surface area contributed by atoms with Crippen molar-refractivity contribution < 1.29 is 9.32 Å². The van der Waals surface area contributed by atoms with Gasteiger partial charge in [-0.3, -0.25) is 14.3 Å². The molecule has 6 nitrogen and oxygen atoms in total. The molecule has 54 valence electrons. The van der Waals surface area contributed by atoms with E-state index in [1.54, 1.807) is 0 Å². The Morgan fingerprint density at radius 1 is 1.80 bits per heavy atom. The minimum absolute atomic E-state index is 0.118. The summed E-state index contributed by atoms with van der Waals surface area (Å²) in [5, 5.41) is 5.39. The average molecular weight is 143 g/mol. The maximum atomic E-state index is 10.6. The van der Waals surface area contributed by atoms with Crippen molar-refractivity contribution in [2.75, 3.05) is 7.05 Å². The van der Waals surface area contributed by atoms with Crippen LogP contribution in [0.25, 0.3) is 0 Å². The highest BCUT2D eigenvalue weighted by Crippen LogP contribution is 1.80. The molecule has 0 fully saturated rings. The van der Waals surface area contributed by atoms with Crippen molar-refractivity contribution in [3.05, 3.63) is 16.4 Å². The number of aromatic amines is 1. The van der Waals surface area contributed by atoms with Gasteiger partial charge in [0.2, 0.25) is 5.82 Å². The van der Waals surface area contributed by atoms with Crippen LogP contribution in [0.3, 0.4) is 0 Å². The third-order valence-electron chi connectivity index (χ3n) is 0.882. The number of nitrogens with one attached hydrogen (secondary N) is 2. The van der Waals surface area contributed by atoms with E-state index in [0.717, 1.165) is 0 Å². The van der Waals surface area contributed by atoms with E-state index < -0.39 is 11.7 Å². The van der Waals surface area contributed by atoms with Gasteiger partial charge < -0.3 is 5.32 Å². The molecule has 6 heteroatoms. The van der Waals surface area contributed by atoms with Crippen molar-refractivity contribution in [1.29, 1.82) is 0 Å². The third kappa shape index (κ3) is 1.04. The molecule has 0 aliphatic rings. The van der Waals surface area contributed by atoms with Gasteiger partial charge in [0, 0.05) is 7.05 Å². The molecule has 1 rings (SSSR count). The summed E-state index contributed by atoms with van der Waals surface area (Å²) in [6.07, 6.45) is 0. The average Bonchev–Trinajstić information content (AvgIpc) is 2.34. The normalized spacial score (nSPS) is 9.30. The summed E-state index contributed by atoms with van der Waals surface area (Å²) in [5.41, 5.74) is 0. The van der Waals surface area contributed by atoms with Gasteiger partial charge in [0.15, 0.2) is 0 Å². The molecule has 1 aromatic heterocycles. The quantitative estimate of drug-likeness (QED) is 0.512. The Labute approximate surface area is 55.2 Å². The number of nitrogens with zero attached hydrogens (tertiary/aromatic N) is 1. The van der Waals surface area contributed by atoms with Gasteiger partial charge in [-0.05, 0) is 5.16 Å². The highest BCUT2D eigenvalue weighted by atomic mass is 16.5. The number of carbonyl (C=O) groups excluding carboxylic acids is 1.